The smallest absolute Gasteiger partial charge is 0.241 e. The standard InChI is InChI=1S/C18H16BN2O4S2/c1-17-4-5-18(25-17,6-7-24-27-19)14-13(17)15(22)21(16(14)23)10-2-3-11-12(8-10)26-9-20-11/h2-5,8-9,13-14,19H,6-7H2,1H3/t13-,14+,17?,18?/m0/s1/i19T. The molecule has 0 aliphatic carbocycles. The summed E-state index contributed by atoms with van der Waals surface area (Å²) in [6, 6.07) is 5.45. The number of thiazole rings is 1. The van der Waals surface area contributed by atoms with Crippen LogP contribution in [0.25, 0.3) is 10.2 Å². The Morgan fingerprint density at radius 2 is 2.26 bits per heavy atom. The van der Waals surface area contributed by atoms with Gasteiger partial charge in [0.1, 0.15) is 5.60 Å². The van der Waals surface area contributed by atoms with Gasteiger partial charge in [0.05, 0.1) is 45.5 Å². The lowest BCUT2D eigenvalue weighted by Gasteiger charge is -2.28. The van der Waals surface area contributed by atoms with E-state index >= 15 is 0 Å². The van der Waals surface area contributed by atoms with Gasteiger partial charge in [0.15, 0.2) is 0 Å². The van der Waals surface area contributed by atoms with Crippen LogP contribution in [0.3, 0.4) is 0 Å². The van der Waals surface area contributed by atoms with Crippen LogP contribution in [0.15, 0.2) is 35.9 Å². The van der Waals surface area contributed by atoms with Crippen LogP contribution in [-0.2, 0) is 18.5 Å². The predicted molar refractivity (Wildman–Crippen MR) is 106 cm³/mol. The van der Waals surface area contributed by atoms with Crippen LogP contribution in [0, 0.1) is 11.8 Å². The molecule has 5 rings (SSSR count). The number of ether oxygens (including phenoxy) is 1. The van der Waals surface area contributed by atoms with Crippen LogP contribution in [0.1, 0.15) is 13.3 Å². The number of imide groups is 1. The van der Waals surface area contributed by atoms with Crippen molar-refractivity contribution in [3.63, 3.8) is 0 Å². The summed E-state index contributed by atoms with van der Waals surface area (Å²) in [7, 11) is 1.10. The monoisotopic (exact) mass is 401 g/mol. The highest BCUT2D eigenvalue weighted by molar-refractivity contribution is 8.15. The second kappa shape index (κ2) is 5.91. The fourth-order valence-corrected chi connectivity index (χ4v) is 5.52. The summed E-state index contributed by atoms with van der Waals surface area (Å²) in [6.07, 6.45) is 4.26. The van der Waals surface area contributed by atoms with Crippen molar-refractivity contribution in [2.45, 2.75) is 24.5 Å². The molecule has 2 unspecified atom stereocenters. The highest BCUT2D eigenvalue weighted by atomic mass is 32.2. The van der Waals surface area contributed by atoms with Gasteiger partial charge in [0.25, 0.3) is 0 Å². The molecule has 1 aromatic heterocycles. The van der Waals surface area contributed by atoms with Crippen molar-refractivity contribution in [2.75, 3.05) is 11.5 Å². The number of benzene rings is 1. The molecule has 2 aromatic rings. The maximum Gasteiger partial charge on any atom is 0.241 e. The van der Waals surface area contributed by atoms with Gasteiger partial charge in [-0.15, -0.1) is 11.3 Å². The van der Waals surface area contributed by atoms with Gasteiger partial charge in [-0.05, 0) is 26.5 Å². The highest BCUT2D eigenvalue weighted by Gasteiger charge is 2.71. The molecule has 2 fully saturated rings. The third-order valence-corrected chi connectivity index (χ3v) is 6.87. The Balaban J connectivity index is 1.49. The molecule has 1 aromatic carbocycles. The molecular weight excluding hydrogens is 383 g/mol. The Hall–Kier alpha value is -1.68. The van der Waals surface area contributed by atoms with Crippen LogP contribution in [0.2, 0.25) is 0 Å². The van der Waals surface area contributed by atoms with Crippen molar-refractivity contribution in [2.24, 2.45) is 11.8 Å². The zero-order valence-electron chi connectivity index (χ0n) is 15.5. The van der Waals surface area contributed by atoms with Crippen LogP contribution in [0.4, 0.5) is 5.69 Å². The second-order valence-electron chi connectivity index (χ2n) is 7.21. The number of aromatic nitrogens is 1. The summed E-state index contributed by atoms with van der Waals surface area (Å²) in [5.74, 6) is -1.56. The fraction of sp³-hybridized carbons (Fsp3) is 0.389. The minimum atomic E-state index is -0.849. The largest absolute Gasteiger partial charge is 0.359 e. The number of nitrogens with zero attached hydrogens (tertiary/aromatic N) is 2. The topological polar surface area (TPSA) is 68.7 Å². The van der Waals surface area contributed by atoms with E-state index < -0.39 is 23.0 Å². The van der Waals surface area contributed by atoms with Gasteiger partial charge < -0.3 is 8.92 Å². The van der Waals surface area contributed by atoms with E-state index in [9.17, 15) is 9.59 Å². The highest BCUT2D eigenvalue weighted by Crippen LogP contribution is 2.59. The van der Waals surface area contributed by atoms with Gasteiger partial charge in [-0.1, -0.05) is 24.0 Å². The molecule has 0 spiro atoms. The number of amides is 2. The maximum absolute atomic E-state index is 13.4. The molecule has 4 heterocycles. The van der Waals surface area contributed by atoms with Crippen molar-refractivity contribution >= 4 is 58.0 Å². The molecular formula is C18H16BN2O4S2. The Labute approximate surface area is 166 Å². The summed E-state index contributed by atoms with van der Waals surface area (Å²) in [4.78, 5) is 32.3. The molecule has 9 heteroatoms. The SMILES string of the molecule is [3H][B]SOCCC12C=CC(C)(O1)[C@@H]1C(=O)N(c3ccc4ncsc4c3)C(=O)[C@@H]12. The lowest BCUT2D eigenvalue weighted by Crippen LogP contribution is -2.41. The lowest BCUT2D eigenvalue weighted by atomic mass is 9.71. The van der Waals surface area contributed by atoms with E-state index in [0.29, 0.717) is 18.7 Å². The van der Waals surface area contributed by atoms with Crippen molar-refractivity contribution in [1.29, 1.82) is 1.34 Å². The maximum atomic E-state index is 13.4. The van der Waals surface area contributed by atoms with Crippen molar-refractivity contribution in [3.05, 3.63) is 35.9 Å². The third kappa shape index (κ3) is 2.32. The third-order valence-electron chi connectivity index (χ3n) is 5.77. The summed E-state index contributed by atoms with van der Waals surface area (Å²) in [6.45, 7) is 2.18. The number of fused-ring (bicyclic) bond motifs is 6. The molecule has 27 heavy (non-hydrogen) atoms. The first kappa shape index (κ1) is 16.3. The summed E-state index contributed by atoms with van der Waals surface area (Å²) < 4.78 is 19.5. The summed E-state index contributed by atoms with van der Waals surface area (Å²) >= 11 is 2.41. The van der Waals surface area contributed by atoms with E-state index in [1.54, 1.807) is 11.6 Å². The molecule has 0 saturated carbocycles. The predicted octanol–water partition coefficient (Wildman–Crippen LogP) is 2.37. The van der Waals surface area contributed by atoms with Crippen LogP contribution in [0.5, 0.6) is 0 Å². The Morgan fingerprint density at radius 3 is 3.11 bits per heavy atom. The normalized spacial score (nSPS) is 34.6. The number of carbonyl (C=O) groups is 2. The first-order valence-electron chi connectivity index (χ1n) is 9.17. The van der Waals surface area contributed by atoms with Crippen molar-refractivity contribution < 1.29 is 18.5 Å². The zero-order chi connectivity index (χ0) is 19.5. The van der Waals surface area contributed by atoms with Crippen LogP contribution >= 0.6 is 23.2 Å². The molecule has 3 aliphatic rings. The van der Waals surface area contributed by atoms with Gasteiger partial charge in [-0.2, -0.15) is 0 Å². The molecule has 3 aliphatic heterocycles. The fourth-order valence-electron chi connectivity index (χ4n) is 4.63. The number of anilines is 1. The van der Waals surface area contributed by atoms with Crippen LogP contribution in [-0.4, -0.2) is 43.0 Å². The van der Waals surface area contributed by atoms with Gasteiger partial charge in [0.2, 0.25) is 18.9 Å². The molecule has 137 valence electrons. The minimum absolute atomic E-state index is 0.220. The second-order valence-corrected chi connectivity index (χ2v) is 8.53. The molecule has 2 saturated heterocycles. The quantitative estimate of drug-likeness (QED) is 0.243. The zero-order valence-corrected chi connectivity index (χ0v) is 16.1. The van der Waals surface area contributed by atoms with Crippen molar-refractivity contribution in [1.82, 2.24) is 4.98 Å². The van der Waals surface area contributed by atoms with Gasteiger partial charge in [-0.3, -0.25) is 9.59 Å². The Kier molecular flexibility index (Phi) is 3.57. The number of hydrogen-bond acceptors (Lipinski definition) is 7. The Bertz CT molecular complexity index is 1020. The van der Waals surface area contributed by atoms with Gasteiger partial charge in [-0.25, -0.2) is 9.88 Å². The van der Waals surface area contributed by atoms with E-state index in [2.05, 4.69) is 4.98 Å². The average Bonchev–Trinajstić information content (AvgIpc) is 3.39. The number of carbonyl (C=O) groups excluding carboxylic acids is 2. The average molecular weight is 401 g/mol. The van der Waals surface area contributed by atoms with Crippen molar-refractivity contribution in [3.8, 4) is 0 Å². The molecule has 4 atom stereocenters. The molecule has 2 bridgehead atoms. The van der Waals surface area contributed by atoms with E-state index in [-0.39, 0.29) is 11.8 Å². The Morgan fingerprint density at radius 1 is 1.41 bits per heavy atom. The number of hydrogen-bond donors (Lipinski definition) is 0. The molecule has 1 radical (unpaired) electrons. The molecule has 0 N–H and O–H groups in total. The summed E-state index contributed by atoms with van der Waals surface area (Å²) in [5.41, 5.74) is 1.53. The molecule has 2 amide bonds. The lowest BCUT2D eigenvalue weighted by molar-refractivity contribution is -0.129. The minimum Gasteiger partial charge on any atom is -0.359 e. The first-order valence-corrected chi connectivity index (χ1v) is 10.3. The van der Waals surface area contributed by atoms with E-state index in [1.165, 1.54) is 16.2 Å². The number of rotatable bonds is 6. The van der Waals surface area contributed by atoms with Gasteiger partial charge >= 0.3 is 0 Å². The van der Waals surface area contributed by atoms with E-state index in [1.807, 2.05) is 31.2 Å². The van der Waals surface area contributed by atoms with Crippen LogP contribution < -0.4 is 4.90 Å². The van der Waals surface area contributed by atoms with Gasteiger partial charge in [0, 0.05) is 6.42 Å². The first-order chi connectivity index (χ1) is 13.5. The molecule has 6 nitrogen and oxygen atoms in total. The van der Waals surface area contributed by atoms with E-state index in [0.717, 1.165) is 29.2 Å². The summed E-state index contributed by atoms with van der Waals surface area (Å²) in [5, 5.41) is 0. The van der Waals surface area contributed by atoms with E-state index in [4.69, 9.17) is 10.3 Å².